The minimum Gasteiger partial charge on any atom is -0.464 e. The average Bonchev–Trinajstić information content (AvgIpc) is 2.45. The molecule has 0 aliphatic carbocycles. The highest BCUT2D eigenvalue weighted by atomic mass is 35.5. The fourth-order valence-electron chi connectivity index (χ4n) is 1.67. The molecule has 0 spiro atoms. The number of anilines is 1. The van der Waals surface area contributed by atoms with Crippen LogP contribution in [0, 0.1) is 18.7 Å². The van der Waals surface area contributed by atoms with Gasteiger partial charge in [0.05, 0.1) is 23.4 Å². The summed E-state index contributed by atoms with van der Waals surface area (Å²) in [6.45, 7) is 1.58. The third kappa shape index (κ3) is 2.64. The summed E-state index contributed by atoms with van der Waals surface area (Å²) in [5.41, 5.74) is 4.31. The van der Waals surface area contributed by atoms with Crippen LogP contribution in [-0.4, -0.2) is 23.0 Å². The van der Waals surface area contributed by atoms with Crippen LogP contribution in [0.2, 0.25) is 5.02 Å². The van der Waals surface area contributed by atoms with Crippen molar-refractivity contribution in [2.24, 2.45) is 0 Å². The Hall–Kier alpha value is -2.28. The van der Waals surface area contributed by atoms with Crippen molar-refractivity contribution in [3.05, 3.63) is 40.3 Å². The quantitative estimate of drug-likeness (QED) is 0.681. The second-order valence-electron chi connectivity index (χ2n) is 4.13. The van der Waals surface area contributed by atoms with E-state index >= 15 is 0 Å². The van der Waals surface area contributed by atoms with E-state index in [0.717, 1.165) is 7.11 Å². The molecule has 0 unspecified atom stereocenters. The summed E-state index contributed by atoms with van der Waals surface area (Å²) in [6.07, 6.45) is 0. The molecule has 2 rings (SSSR count). The van der Waals surface area contributed by atoms with Crippen LogP contribution in [0.3, 0.4) is 0 Å². The van der Waals surface area contributed by atoms with E-state index in [9.17, 15) is 13.6 Å². The molecular weight excluding hydrogens is 304 g/mol. The first-order valence-electron chi connectivity index (χ1n) is 5.73. The Balaban J connectivity index is 2.74. The molecule has 21 heavy (non-hydrogen) atoms. The van der Waals surface area contributed by atoms with Crippen LogP contribution < -0.4 is 5.73 Å². The van der Waals surface area contributed by atoms with Gasteiger partial charge >= 0.3 is 5.97 Å². The van der Waals surface area contributed by atoms with Crippen molar-refractivity contribution in [2.75, 3.05) is 12.8 Å². The maximum absolute atomic E-state index is 14.2. The minimum atomic E-state index is -1.03. The number of esters is 1. The lowest BCUT2D eigenvalue weighted by Crippen LogP contribution is -2.11. The maximum Gasteiger partial charge on any atom is 0.358 e. The number of aromatic nitrogens is 2. The van der Waals surface area contributed by atoms with Crippen molar-refractivity contribution >= 4 is 23.3 Å². The molecule has 2 aromatic rings. The maximum atomic E-state index is 14.2. The van der Waals surface area contributed by atoms with Crippen LogP contribution in [0.4, 0.5) is 14.5 Å². The molecule has 0 atom stereocenters. The summed E-state index contributed by atoms with van der Waals surface area (Å²) in [5, 5.41) is -0.386. The number of ether oxygens (including phenoxy) is 1. The van der Waals surface area contributed by atoms with E-state index < -0.39 is 34.8 Å². The summed E-state index contributed by atoms with van der Waals surface area (Å²) in [5.74, 6) is -2.87. The zero-order valence-corrected chi connectivity index (χ0v) is 11.8. The molecule has 0 saturated heterocycles. The molecule has 0 bridgehead atoms. The van der Waals surface area contributed by atoms with Crippen LogP contribution in [0.1, 0.15) is 16.2 Å². The van der Waals surface area contributed by atoms with E-state index in [2.05, 4.69) is 14.7 Å². The van der Waals surface area contributed by atoms with E-state index in [1.54, 1.807) is 6.92 Å². The van der Waals surface area contributed by atoms with Crippen LogP contribution in [0.15, 0.2) is 12.1 Å². The van der Waals surface area contributed by atoms with E-state index in [0.29, 0.717) is 5.69 Å². The molecular formula is C13H10ClF2N3O2. The second kappa shape index (κ2) is 5.61. The van der Waals surface area contributed by atoms with E-state index in [4.69, 9.17) is 17.3 Å². The average molecular weight is 314 g/mol. The first kappa shape index (κ1) is 15.1. The number of halogens is 3. The van der Waals surface area contributed by atoms with Gasteiger partial charge in [-0.2, -0.15) is 4.39 Å². The fourth-order valence-corrected chi connectivity index (χ4v) is 1.88. The van der Waals surface area contributed by atoms with Crippen molar-refractivity contribution in [3.63, 3.8) is 0 Å². The van der Waals surface area contributed by atoms with Crippen molar-refractivity contribution in [1.29, 1.82) is 0 Å². The van der Waals surface area contributed by atoms with Crippen LogP contribution in [0.25, 0.3) is 11.3 Å². The summed E-state index contributed by atoms with van der Waals surface area (Å²) in [4.78, 5) is 18.9. The van der Waals surface area contributed by atoms with Gasteiger partial charge in [-0.3, -0.25) is 0 Å². The molecule has 0 aliphatic heterocycles. The second-order valence-corrected chi connectivity index (χ2v) is 4.51. The monoisotopic (exact) mass is 313 g/mol. The zero-order chi connectivity index (χ0) is 15.7. The van der Waals surface area contributed by atoms with Crippen molar-refractivity contribution in [3.8, 4) is 11.3 Å². The Bertz CT molecular complexity index is 738. The van der Waals surface area contributed by atoms with Gasteiger partial charge in [-0.15, -0.1) is 0 Å². The molecule has 2 N–H and O–H groups in total. The number of carbonyl (C=O) groups excluding carboxylic acids is 1. The molecule has 0 fully saturated rings. The number of rotatable bonds is 2. The Morgan fingerprint density at radius 1 is 1.33 bits per heavy atom. The van der Waals surface area contributed by atoms with Gasteiger partial charge in [0.25, 0.3) is 0 Å². The van der Waals surface area contributed by atoms with Crippen LogP contribution in [0.5, 0.6) is 0 Å². The van der Waals surface area contributed by atoms with Gasteiger partial charge in [-0.1, -0.05) is 11.6 Å². The molecule has 5 nitrogen and oxygen atoms in total. The van der Waals surface area contributed by atoms with Gasteiger partial charge in [0, 0.05) is 5.69 Å². The number of nitrogen functional groups attached to an aromatic ring is 1. The van der Waals surface area contributed by atoms with Gasteiger partial charge in [0.15, 0.2) is 11.5 Å². The van der Waals surface area contributed by atoms with Crippen molar-refractivity contribution in [1.82, 2.24) is 9.97 Å². The highest BCUT2D eigenvalue weighted by Crippen LogP contribution is 2.33. The standard InChI is InChI=1S/C13H10ClF2N3O2/c1-5-3-4-6(12(16)18-5)10-8(15)9(17)7(14)11(19-10)13(20)21-2/h3-4H,1-2H3,(H2,17,19). The SMILES string of the molecule is COC(=O)c1nc(-c2ccc(C)nc2F)c(F)c(N)c1Cl. The Morgan fingerprint density at radius 2 is 2.00 bits per heavy atom. The van der Waals surface area contributed by atoms with Crippen molar-refractivity contribution in [2.45, 2.75) is 6.92 Å². The minimum absolute atomic E-state index is 0.230. The van der Waals surface area contributed by atoms with Crippen LogP contribution in [-0.2, 0) is 4.74 Å². The summed E-state index contributed by atoms with van der Waals surface area (Å²) < 4.78 is 32.5. The summed E-state index contributed by atoms with van der Waals surface area (Å²) in [6, 6.07) is 2.76. The van der Waals surface area contributed by atoms with Gasteiger partial charge in [0.2, 0.25) is 5.95 Å². The van der Waals surface area contributed by atoms with E-state index in [-0.39, 0.29) is 10.6 Å². The molecule has 2 aromatic heterocycles. The molecule has 0 radical (unpaired) electrons. The molecule has 110 valence electrons. The molecule has 0 aromatic carbocycles. The van der Waals surface area contributed by atoms with Gasteiger partial charge < -0.3 is 10.5 Å². The Labute approximate surface area is 123 Å². The predicted octanol–water partition coefficient (Wildman–Crippen LogP) is 2.75. The third-order valence-corrected chi connectivity index (χ3v) is 3.12. The number of nitrogens with zero attached hydrogens (tertiary/aromatic N) is 2. The number of aryl methyl sites for hydroxylation is 1. The van der Waals surface area contributed by atoms with Crippen molar-refractivity contribution < 1.29 is 18.3 Å². The van der Waals surface area contributed by atoms with Crippen LogP contribution >= 0.6 is 11.6 Å². The number of pyridine rings is 2. The van der Waals surface area contributed by atoms with E-state index in [1.165, 1.54) is 12.1 Å². The lowest BCUT2D eigenvalue weighted by molar-refractivity contribution is 0.0594. The number of carbonyl (C=O) groups is 1. The molecule has 8 heteroatoms. The normalized spacial score (nSPS) is 10.5. The summed E-state index contributed by atoms with van der Waals surface area (Å²) >= 11 is 5.76. The number of nitrogens with two attached hydrogens (primary N) is 1. The van der Waals surface area contributed by atoms with Gasteiger partial charge in [-0.05, 0) is 19.1 Å². The lowest BCUT2D eigenvalue weighted by Gasteiger charge is -2.10. The lowest BCUT2D eigenvalue weighted by atomic mass is 10.1. The number of hydrogen-bond donors (Lipinski definition) is 1. The van der Waals surface area contributed by atoms with E-state index in [1.807, 2.05) is 0 Å². The topological polar surface area (TPSA) is 78.1 Å². The van der Waals surface area contributed by atoms with Gasteiger partial charge in [0.1, 0.15) is 5.69 Å². The zero-order valence-electron chi connectivity index (χ0n) is 11.1. The highest BCUT2D eigenvalue weighted by Gasteiger charge is 2.24. The molecule has 0 amide bonds. The summed E-state index contributed by atoms with van der Waals surface area (Å²) in [7, 11) is 1.10. The Morgan fingerprint density at radius 3 is 2.57 bits per heavy atom. The van der Waals surface area contributed by atoms with Gasteiger partial charge in [-0.25, -0.2) is 19.2 Å². The molecule has 2 heterocycles. The molecule has 0 saturated carbocycles. The smallest absolute Gasteiger partial charge is 0.358 e. The highest BCUT2D eigenvalue weighted by molar-refractivity contribution is 6.35. The predicted molar refractivity (Wildman–Crippen MR) is 72.9 cm³/mol. The molecule has 0 aliphatic rings. The Kier molecular flexibility index (Phi) is 4.04. The number of hydrogen-bond acceptors (Lipinski definition) is 5. The first-order valence-corrected chi connectivity index (χ1v) is 6.11. The number of methoxy groups -OCH3 is 1. The fraction of sp³-hybridized carbons (Fsp3) is 0.154. The third-order valence-electron chi connectivity index (χ3n) is 2.73. The first-order chi connectivity index (χ1) is 9.86. The largest absolute Gasteiger partial charge is 0.464 e.